The van der Waals surface area contributed by atoms with Gasteiger partial charge in [0.15, 0.2) is 5.82 Å². The van der Waals surface area contributed by atoms with Crippen LogP contribution in [0.15, 0.2) is 4.52 Å². The van der Waals surface area contributed by atoms with Gasteiger partial charge >= 0.3 is 0 Å². The summed E-state index contributed by atoms with van der Waals surface area (Å²) in [5.74, 6) is 2.77. The van der Waals surface area contributed by atoms with Crippen LogP contribution in [-0.2, 0) is 11.3 Å². The Balaban J connectivity index is 1.61. The number of carbonyl (C=O) groups excluding carboxylic acids is 1. The van der Waals surface area contributed by atoms with Crippen molar-refractivity contribution in [1.82, 2.24) is 19.9 Å². The van der Waals surface area contributed by atoms with E-state index >= 15 is 0 Å². The molecule has 2 saturated heterocycles. The lowest BCUT2D eigenvalue weighted by molar-refractivity contribution is -0.139. The van der Waals surface area contributed by atoms with Gasteiger partial charge in [-0.05, 0) is 38.1 Å². The molecule has 1 atom stereocenters. The first-order valence-electron chi connectivity index (χ1n) is 10.2. The molecule has 3 rings (SSSR count). The minimum atomic E-state index is 0.240. The van der Waals surface area contributed by atoms with E-state index in [2.05, 4.69) is 47.6 Å². The highest BCUT2D eigenvalue weighted by Gasteiger charge is 2.41. The number of likely N-dealkylation sites (tertiary alicyclic amines) is 2. The molecule has 146 valence electrons. The van der Waals surface area contributed by atoms with Crippen molar-refractivity contribution in [2.75, 3.05) is 26.2 Å². The summed E-state index contributed by atoms with van der Waals surface area (Å²) in [6.45, 7) is 13.2. The van der Waals surface area contributed by atoms with Gasteiger partial charge in [-0.1, -0.05) is 32.9 Å². The fraction of sp³-hybridized carbons (Fsp3) is 0.850. The molecule has 6 heteroatoms. The molecular weight excluding hydrogens is 328 g/mol. The molecule has 1 aromatic heterocycles. The topological polar surface area (TPSA) is 62.5 Å². The molecule has 0 N–H and O–H groups in total. The average molecular weight is 363 g/mol. The Hall–Kier alpha value is -1.43. The SMILES string of the molecule is CC(C)CCN1C[C@]2(CCCN(Cc3nc(C(C)C)no3)C2)CCC1=O. The Morgan fingerprint density at radius 1 is 1.19 bits per heavy atom. The molecule has 0 saturated carbocycles. The maximum Gasteiger partial charge on any atom is 0.240 e. The highest BCUT2D eigenvalue weighted by molar-refractivity contribution is 5.77. The van der Waals surface area contributed by atoms with Crippen molar-refractivity contribution >= 4 is 5.91 Å². The van der Waals surface area contributed by atoms with E-state index in [0.717, 1.165) is 51.4 Å². The summed E-state index contributed by atoms with van der Waals surface area (Å²) >= 11 is 0. The molecule has 6 nitrogen and oxygen atoms in total. The van der Waals surface area contributed by atoms with Crippen molar-refractivity contribution in [3.8, 4) is 0 Å². The van der Waals surface area contributed by atoms with Gasteiger partial charge < -0.3 is 9.42 Å². The first kappa shape index (κ1) is 19.3. The molecule has 0 radical (unpaired) electrons. The fourth-order valence-electron chi connectivity index (χ4n) is 4.26. The third-order valence-electron chi connectivity index (χ3n) is 5.82. The minimum Gasteiger partial charge on any atom is -0.342 e. The van der Waals surface area contributed by atoms with E-state index in [9.17, 15) is 4.79 Å². The van der Waals surface area contributed by atoms with Crippen LogP contribution in [0.5, 0.6) is 0 Å². The molecule has 2 fully saturated rings. The first-order valence-corrected chi connectivity index (χ1v) is 10.2. The third-order valence-corrected chi connectivity index (χ3v) is 5.82. The zero-order valence-corrected chi connectivity index (χ0v) is 16.8. The molecule has 2 aliphatic heterocycles. The third kappa shape index (κ3) is 4.64. The van der Waals surface area contributed by atoms with Crippen molar-refractivity contribution in [3.05, 3.63) is 11.7 Å². The van der Waals surface area contributed by atoms with E-state index in [0.29, 0.717) is 30.1 Å². The van der Waals surface area contributed by atoms with Gasteiger partial charge in [-0.15, -0.1) is 0 Å². The lowest BCUT2D eigenvalue weighted by Gasteiger charge is -2.48. The van der Waals surface area contributed by atoms with Crippen LogP contribution in [0.1, 0.15) is 77.4 Å². The van der Waals surface area contributed by atoms with Crippen LogP contribution in [0.4, 0.5) is 0 Å². The largest absolute Gasteiger partial charge is 0.342 e. The predicted molar refractivity (Wildman–Crippen MR) is 101 cm³/mol. The zero-order chi connectivity index (χ0) is 18.7. The van der Waals surface area contributed by atoms with Crippen molar-refractivity contribution in [1.29, 1.82) is 0 Å². The summed E-state index contributed by atoms with van der Waals surface area (Å²) in [4.78, 5) is 21.4. The van der Waals surface area contributed by atoms with Crippen molar-refractivity contribution in [2.24, 2.45) is 11.3 Å². The van der Waals surface area contributed by atoms with Crippen LogP contribution >= 0.6 is 0 Å². The van der Waals surface area contributed by atoms with Crippen molar-refractivity contribution in [2.45, 2.75) is 72.3 Å². The average Bonchev–Trinajstić information content (AvgIpc) is 3.05. The number of amides is 1. The Morgan fingerprint density at radius 3 is 2.69 bits per heavy atom. The summed E-state index contributed by atoms with van der Waals surface area (Å²) in [5.41, 5.74) is 0.240. The second-order valence-electron chi connectivity index (χ2n) is 9.01. The maximum atomic E-state index is 12.4. The van der Waals surface area contributed by atoms with E-state index in [-0.39, 0.29) is 5.41 Å². The van der Waals surface area contributed by atoms with Gasteiger partial charge in [-0.3, -0.25) is 9.69 Å². The standard InChI is InChI=1S/C20H34N4O2/c1-15(2)7-11-24-14-20(9-6-18(24)25)8-5-10-23(13-20)12-17-21-19(16(3)4)22-26-17/h15-16H,5-14H2,1-4H3/t20-/m1/s1. The monoisotopic (exact) mass is 362 g/mol. The van der Waals surface area contributed by atoms with Crippen molar-refractivity contribution < 1.29 is 9.32 Å². The number of piperidine rings is 2. The number of carbonyl (C=O) groups is 1. The molecule has 0 aromatic carbocycles. The zero-order valence-electron chi connectivity index (χ0n) is 16.8. The second kappa shape index (κ2) is 8.07. The maximum absolute atomic E-state index is 12.4. The molecule has 0 bridgehead atoms. The summed E-state index contributed by atoms with van der Waals surface area (Å²) in [7, 11) is 0. The van der Waals surface area contributed by atoms with Crippen molar-refractivity contribution in [3.63, 3.8) is 0 Å². The molecule has 2 aliphatic rings. The quantitative estimate of drug-likeness (QED) is 0.776. The Kier molecular flexibility index (Phi) is 6.00. The normalized spacial score (nSPS) is 25.0. The lowest BCUT2D eigenvalue weighted by Crippen LogP contribution is -2.54. The molecule has 0 aliphatic carbocycles. The van der Waals surface area contributed by atoms with E-state index in [4.69, 9.17) is 4.52 Å². The molecule has 1 spiro atoms. The van der Waals surface area contributed by atoms with Gasteiger partial charge in [0.2, 0.25) is 11.8 Å². The summed E-state index contributed by atoms with van der Waals surface area (Å²) in [5, 5.41) is 4.08. The van der Waals surface area contributed by atoms with E-state index in [1.54, 1.807) is 0 Å². The highest BCUT2D eigenvalue weighted by Crippen LogP contribution is 2.39. The molecule has 3 heterocycles. The van der Waals surface area contributed by atoms with Crippen LogP contribution in [0.25, 0.3) is 0 Å². The number of aromatic nitrogens is 2. The smallest absolute Gasteiger partial charge is 0.240 e. The molecule has 0 unspecified atom stereocenters. The second-order valence-corrected chi connectivity index (χ2v) is 9.01. The van der Waals surface area contributed by atoms with E-state index in [1.807, 2.05) is 0 Å². The summed E-state index contributed by atoms with van der Waals surface area (Å²) in [6.07, 6.45) is 5.20. The minimum absolute atomic E-state index is 0.240. The summed E-state index contributed by atoms with van der Waals surface area (Å²) < 4.78 is 5.44. The van der Waals surface area contributed by atoms with E-state index < -0.39 is 0 Å². The van der Waals surface area contributed by atoms with Gasteiger partial charge in [0.05, 0.1) is 6.54 Å². The van der Waals surface area contributed by atoms with Crippen LogP contribution in [-0.4, -0.2) is 52.0 Å². The van der Waals surface area contributed by atoms with Gasteiger partial charge in [-0.2, -0.15) is 4.98 Å². The predicted octanol–water partition coefficient (Wildman–Crippen LogP) is 3.44. The van der Waals surface area contributed by atoms with Gasteiger partial charge in [0, 0.05) is 37.4 Å². The van der Waals surface area contributed by atoms with Crippen LogP contribution in [0, 0.1) is 11.3 Å². The van der Waals surface area contributed by atoms with Crippen LogP contribution < -0.4 is 0 Å². The van der Waals surface area contributed by atoms with Gasteiger partial charge in [-0.25, -0.2) is 0 Å². The number of hydrogen-bond donors (Lipinski definition) is 0. The Bertz CT molecular complexity index is 613. The van der Waals surface area contributed by atoms with E-state index in [1.165, 1.54) is 12.8 Å². The van der Waals surface area contributed by atoms with Gasteiger partial charge in [0.25, 0.3) is 0 Å². The molecule has 1 amide bonds. The first-order chi connectivity index (χ1) is 12.4. The molecule has 1 aromatic rings. The highest BCUT2D eigenvalue weighted by atomic mass is 16.5. The number of nitrogens with zero attached hydrogens (tertiary/aromatic N) is 4. The number of rotatable bonds is 6. The van der Waals surface area contributed by atoms with Crippen LogP contribution in [0.3, 0.4) is 0 Å². The lowest BCUT2D eigenvalue weighted by atomic mass is 9.73. The Labute approximate surface area is 157 Å². The van der Waals surface area contributed by atoms with Gasteiger partial charge in [0.1, 0.15) is 0 Å². The van der Waals surface area contributed by atoms with Crippen LogP contribution in [0.2, 0.25) is 0 Å². The molecular formula is C20H34N4O2. The molecule has 26 heavy (non-hydrogen) atoms. The number of hydrogen-bond acceptors (Lipinski definition) is 5. The summed E-state index contributed by atoms with van der Waals surface area (Å²) in [6, 6.07) is 0. The fourth-order valence-corrected chi connectivity index (χ4v) is 4.26. The Morgan fingerprint density at radius 2 is 2.00 bits per heavy atom.